The van der Waals surface area contributed by atoms with Crippen molar-refractivity contribution in [3.8, 4) is 0 Å². The molecule has 0 aliphatic rings. The van der Waals surface area contributed by atoms with E-state index in [0.717, 1.165) is 7.57 Å². The molecule has 0 radical (unpaired) electrons. The Morgan fingerprint density at radius 2 is 2.00 bits per heavy atom. The first kappa shape index (κ1) is 13.5. The molecule has 0 saturated carbocycles. The van der Waals surface area contributed by atoms with Gasteiger partial charge in [0.2, 0.25) is 0 Å². The van der Waals surface area contributed by atoms with E-state index in [1.54, 1.807) is 12.1 Å². The molecule has 0 spiro atoms. The minimum atomic E-state index is -0.876. The molecule has 0 aliphatic carbocycles. The number of aliphatic hydroxyl groups excluding tert-OH is 1. The lowest BCUT2D eigenvalue weighted by atomic mass is 10.0. The minimum absolute atomic E-state index is 0.0477. The molecule has 6 heteroatoms. The van der Waals surface area contributed by atoms with Crippen molar-refractivity contribution in [3.63, 3.8) is 0 Å². The Morgan fingerprint density at radius 3 is 2.53 bits per heavy atom. The molecule has 0 saturated heterocycles. The molecule has 0 amide bonds. The SMILES string of the molecule is OC(c1ccc(Cl)c(F)c1)c1cc(Br)sc1Br. The van der Waals surface area contributed by atoms with Crippen LogP contribution in [0.2, 0.25) is 5.02 Å². The van der Waals surface area contributed by atoms with Gasteiger partial charge in [0.15, 0.2) is 0 Å². The van der Waals surface area contributed by atoms with Gasteiger partial charge in [0.05, 0.1) is 12.6 Å². The Balaban J connectivity index is 2.40. The summed E-state index contributed by atoms with van der Waals surface area (Å²) >= 11 is 13.7. The number of rotatable bonds is 2. The van der Waals surface area contributed by atoms with E-state index in [9.17, 15) is 9.50 Å². The first-order chi connectivity index (χ1) is 7.99. The second-order valence-electron chi connectivity index (χ2n) is 3.36. The fourth-order valence-corrected chi connectivity index (χ4v) is 4.40. The highest BCUT2D eigenvalue weighted by molar-refractivity contribution is 9.12. The molecule has 1 N–H and O–H groups in total. The van der Waals surface area contributed by atoms with Gasteiger partial charge in [0.25, 0.3) is 0 Å². The highest BCUT2D eigenvalue weighted by atomic mass is 79.9. The molecular weight excluding hydrogens is 394 g/mol. The maximum atomic E-state index is 13.3. The molecule has 1 unspecified atom stereocenters. The van der Waals surface area contributed by atoms with E-state index >= 15 is 0 Å². The zero-order chi connectivity index (χ0) is 12.6. The van der Waals surface area contributed by atoms with Crippen LogP contribution in [0.5, 0.6) is 0 Å². The number of thiophene rings is 1. The van der Waals surface area contributed by atoms with Gasteiger partial charge in [-0.3, -0.25) is 0 Å². The Bertz CT molecular complexity index is 558. The Hall–Kier alpha value is 0.0600. The van der Waals surface area contributed by atoms with Crippen LogP contribution >= 0.6 is 54.8 Å². The van der Waals surface area contributed by atoms with E-state index in [0.29, 0.717) is 11.1 Å². The Morgan fingerprint density at radius 1 is 1.29 bits per heavy atom. The second-order valence-corrected chi connectivity index (χ2v) is 7.51. The van der Waals surface area contributed by atoms with Gasteiger partial charge in [-0.1, -0.05) is 17.7 Å². The van der Waals surface area contributed by atoms with Gasteiger partial charge in [0, 0.05) is 5.56 Å². The average Bonchev–Trinajstić information content (AvgIpc) is 2.61. The van der Waals surface area contributed by atoms with Crippen molar-refractivity contribution in [3.05, 3.63) is 53.8 Å². The standard InChI is InChI=1S/C11H6Br2ClFOS/c12-9-4-6(11(13)17-9)10(16)5-1-2-7(14)8(15)3-5/h1-4,10,16H. The summed E-state index contributed by atoms with van der Waals surface area (Å²) in [4.78, 5) is 0. The van der Waals surface area contributed by atoms with Gasteiger partial charge in [0.1, 0.15) is 11.9 Å². The van der Waals surface area contributed by atoms with Gasteiger partial charge < -0.3 is 5.11 Å². The minimum Gasteiger partial charge on any atom is -0.384 e. The summed E-state index contributed by atoms with van der Waals surface area (Å²) in [6.07, 6.45) is -0.876. The molecule has 2 rings (SSSR count). The zero-order valence-electron chi connectivity index (χ0n) is 8.25. The normalized spacial score (nSPS) is 12.8. The average molecular weight is 400 g/mol. The monoisotopic (exact) mass is 398 g/mol. The summed E-state index contributed by atoms with van der Waals surface area (Å²) in [6.45, 7) is 0. The predicted octanol–water partition coefficient (Wildman–Crippen LogP) is 5.15. The highest BCUT2D eigenvalue weighted by Gasteiger charge is 2.17. The van der Waals surface area contributed by atoms with Crippen molar-refractivity contribution in [2.45, 2.75) is 6.10 Å². The molecular formula is C11H6Br2ClFOS. The van der Waals surface area contributed by atoms with Crippen molar-refractivity contribution < 1.29 is 9.50 Å². The molecule has 1 aromatic heterocycles. The quantitative estimate of drug-likeness (QED) is 0.739. The number of aliphatic hydroxyl groups is 1. The van der Waals surface area contributed by atoms with Crippen molar-refractivity contribution in [1.82, 2.24) is 0 Å². The van der Waals surface area contributed by atoms with Crippen LogP contribution in [0.4, 0.5) is 4.39 Å². The van der Waals surface area contributed by atoms with Gasteiger partial charge in [-0.2, -0.15) is 0 Å². The molecule has 2 aromatic rings. The van der Waals surface area contributed by atoms with Gasteiger partial charge >= 0.3 is 0 Å². The van der Waals surface area contributed by atoms with E-state index < -0.39 is 11.9 Å². The highest BCUT2D eigenvalue weighted by Crippen LogP contribution is 2.38. The number of benzene rings is 1. The Labute approximate surface area is 123 Å². The third-order valence-corrected chi connectivity index (χ3v) is 4.93. The van der Waals surface area contributed by atoms with E-state index in [2.05, 4.69) is 31.9 Å². The first-order valence-electron chi connectivity index (χ1n) is 4.57. The largest absolute Gasteiger partial charge is 0.384 e. The van der Waals surface area contributed by atoms with Crippen molar-refractivity contribution in [2.24, 2.45) is 0 Å². The van der Waals surface area contributed by atoms with Crippen LogP contribution in [0.1, 0.15) is 17.2 Å². The van der Waals surface area contributed by atoms with E-state index in [4.69, 9.17) is 11.6 Å². The lowest BCUT2D eigenvalue weighted by Gasteiger charge is -2.10. The maximum absolute atomic E-state index is 13.3. The lowest BCUT2D eigenvalue weighted by Crippen LogP contribution is -1.99. The van der Waals surface area contributed by atoms with Crippen LogP contribution in [0.25, 0.3) is 0 Å². The molecule has 1 aromatic carbocycles. The fraction of sp³-hybridized carbons (Fsp3) is 0.0909. The van der Waals surface area contributed by atoms with Crippen LogP contribution < -0.4 is 0 Å². The van der Waals surface area contributed by atoms with E-state index in [-0.39, 0.29) is 5.02 Å². The molecule has 1 heterocycles. The number of hydrogen-bond donors (Lipinski definition) is 1. The number of halogens is 4. The summed E-state index contributed by atoms with van der Waals surface area (Å²) in [5.41, 5.74) is 1.17. The van der Waals surface area contributed by atoms with Crippen molar-refractivity contribution in [1.29, 1.82) is 0 Å². The molecule has 1 nitrogen and oxygen atoms in total. The van der Waals surface area contributed by atoms with Crippen LogP contribution in [-0.4, -0.2) is 5.11 Å². The van der Waals surface area contributed by atoms with E-state index in [1.165, 1.54) is 23.5 Å². The zero-order valence-corrected chi connectivity index (χ0v) is 13.0. The fourth-order valence-electron chi connectivity index (χ4n) is 1.40. The van der Waals surface area contributed by atoms with Crippen LogP contribution in [-0.2, 0) is 0 Å². The van der Waals surface area contributed by atoms with Gasteiger partial charge in [-0.15, -0.1) is 11.3 Å². The molecule has 90 valence electrons. The summed E-state index contributed by atoms with van der Waals surface area (Å²) in [6, 6.07) is 6.08. The third kappa shape index (κ3) is 2.90. The second kappa shape index (κ2) is 5.36. The van der Waals surface area contributed by atoms with Gasteiger partial charge in [-0.05, 0) is 55.6 Å². The number of hydrogen-bond acceptors (Lipinski definition) is 2. The summed E-state index contributed by atoms with van der Waals surface area (Å²) in [5, 5.41) is 10.2. The summed E-state index contributed by atoms with van der Waals surface area (Å²) in [7, 11) is 0. The molecule has 0 fully saturated rings. The molecule has 0 aliphatic heterocycles. The predicted molar refractivity (Wildman–Crippen MR) is 75.2 cm³/mol. The maximum Gasteiger partial charge on any atom is 0.142 e. The molecule has 17 heavy (non-hydrogen) atoms. The summed E-state index contributed by atoms with van der Waals surface area (Å²) in [5.74, 6) is -0.534. The van der Waals surface area contributed by atoms with Gasteiger partial charge in [-0.25, -0.2) is 4.39 Å². The van der Waals surface area contributed by atoms with Crippen LogP contribution in [0.15, 0.2) is 31.8 Å². The summed E-state index contributed by atoms with van der Waals surface area (Å²) < 4.78 is 15.0. The van der Waals surface area contributed by atoms with E-state index in [1.807, 2.05) is 0 Å². The Kier molecular flexibility index (Phi) is 4.26. The third-order valence-electron chi connectivity index (χ3n) is 2.24. The van der Waals surface area contributed by atoms with Crippen LogP contribution in [0.3, 0.4) is 0 Å². The van der Waals surface area contributed by atoms with Crippen molar-refractivity contribution >= 4 is 54.8 Å². The van der Waals surface area contributed by atoms with Crippen molar-refractivity contribution in [2.75, 3.05) is 0 Å². The topological polar surface area (TPSA) is 20.2 Å². The lowest BCUT2D eigenvalue weighted by molar-refractivity contribution is 0.219. The first-order valence-corrected chi connectivity index (χ1v) is 7.35. The smallest absolute Gasteiger partial charge is 0.142 e. The molecule has 1 atom stereocenters. The van der Waals surface area contributed by atoms with Crippen LogP contribution in [0, 0.1) is 5.82 Å². The molecule has 0 bridgehead atoms.